The Bertz CT molecular complexity index is 507. The third kappa shape index (κ3) is 1.94. The third-order valence-electron chi connectivity index (χ3n) is 2.04. The van der Waals surface area contributed by atoms with E-state index in [4.69, 9.17) is 16.3 Å². The van der Waals surface area contributed by atoms with Gasteiger partial charge in [-0.3, -0.25) is 4.79 Å². The predicted octanol–water partition coefficient (Wildman–Crippen LogP) is 1.72. The van der Waals surface area contributed by atoms with Crippen LogP contribution in [0, 0.1) is 0 Å². The largest absolute Gasteiger partial charge is 0.426 e. The van der Waals surface area contributed by atoms with Crippen molar-refractivity contribution in [1.29, 1.82) is 0 Å². The molecule has 78 valence electrons. The van der Waals surface area contributed by atoms with Crippen molar-refractivity contribution in [2.45, 2.75) is 0 Å². The monoisotopic (exact) mass is 224 g/mol. The Labute approximate surface area is 91.4 Å². The number of rotatable bonds is 2. The Balaban J connectivity index is 2.35. The van der Waals surface area contributed by atoms with Gasteiger partial charge in [-0.15, -0.1) is 11.6 Å². The van der Waals surface area contributed by atoms with Gasteiger partial charge in [0, 0.05) is 13.1 Å². The smallest absolute Gasteiger partial charge is 0.326 e. The van der Waals surface area contributed by atoms with Gasteiger partial charge in [0.2, 0.25) is 0 Å². The van der Waals surface area contributed by atoms with E-state index in [1.807, 2.05) is 17.7 Å². The number of aromatic nitrogens is 2. The first-order valence-electron chi connectivity index (χ1n) is 4.38. The predicted molar refractivity (Wildman–Crippen MR) is 57.1 cm³/mol. The lowest BCUT2D eigenvalue weighted by molar-refractivity contribution is -0.131. The van der Waals surface area contributed by atoms with Crippen LogP contribution in [0.15, 0.2) is 24.5 Å². The summed E-state index contributed by atoms with van der Waals surface area (Å²) in [6, 6.07) is 5.27. The van der Waals surface area contributed by atoms with Gasteiger partial charge in [0.15, 0.2) is 0 Å². The van der Waals surface area contributed by atoms with E-state index >= 15 is 0 Å². The fraction of sp³-hybridized carbons (Fsp3) is 0.200. The van der Waals surface area contributed by atoms with Gasteiger partial charge in [-0.05, 0) is 12.1 Å². The number of esters is 1. The molecule has 0 N–H and O–H groups in total. The van der Waals surface area contributed by atoms with Crippen LogP contribution < -0.4 is 4.74 Å². The normalized spacial score (nSPS) is 10.5. The van der Waals surface area contributed by atoms with Crippen LogP contribution >= 0.6 is 11.6 Å². The molecule has 5 heteroatoms. The number of ether oxygens (including phenoxy) is 1. The number of carbonyl (C=O) groups is 1. The van der Waals surface area contributed by atoms with E-state index < -0.39 is 5.97 Å². The van der Waals surface area contributed by atoms with Gasteiger partial charge in [0.1, 0.15) is 11.6 Å². The maximum absolute atomic E-state index is 10.9. The van der Waals surface area contributed by atoms with Crippen LogP contribution in [-0.4, -0.2) is 21.4 Å². The van der Waals surface area contributed by atoms with Gasteiger partial charge in [-0.2, -0.15) is 0 Å². The number of hydrogen-bond acceptors (Lipinski definition) is 3. The molecule has 0 saturated carbocycles. The molecule has 0 saturated heterocycles. The summed E-state index contributed by atoms with van der Waals surface area (Å²) in [6.45, 7) is 0. The van der Waals surface area contributed by atoms with Crippen LogP contribution in [0.3, 0.4) is 0 Å². The quantitative estimate of drug-likeness (QED) is 0.443. The van der Waals surface area contributed by atoms with Crippen LogP contribution in [0.1, 0.15) is 0 Å². The highest BCUT2D eigenvalue weighted by atomic mass is 35.5. The fourth-order valence-electron chi connectivity index (χ4n) is 1.34. The van der Waals surface area contributed by atoms with Crippen molar-refractivity contribution in [2.75, 3.05) is 5.88 Å². The van der Waals surface area contributed by atoms with E-state index in [1.54, 1.807) is 18.5 Å². The average Bonchev–Trinajstić information content (AvgIpc) is 2.60. The molecule has 1 aromatic heterocycles. The molecule has 15 heavy (non-hydrogen) atoms. The number of hydrogen-bond donors (Lipinski definition) is 0. The summed E-state index contributed by atoms with van der Waals surface area (Å²) >= 11 is 5.33. The number of aryl methyl sites for hydroxylation is 1. The summed E-state index contributed by atoms with van der Waals surface area (Å²) < 4.78 is 6.85. The molecule has 0 radical (unpaired) electrons. The zero-order chi connectivity index (χ0) is 10.8. The molecule has 0 atom stereocenters. The molecule has 1 aromatic carbocycles. The van der Waals surface area contributed by atoms with E-state index in [1.165, 1.54) is 0 Å². The van der Waals surface area contributed by atoms with Crippen LogP contribution in [-0.2, 0) is 11.8 Å². The molecule has 0 aliphatic rings. The molecular formula is C10H9ClN2O2. The molecule has 0 unspecified atom stereocenters. The maximum Gasteiger partial charge on any atom is 0.326 e. The molecule has 0 spiro atoms. The minimum Gasteiger partial charge on any atom is -0.426 e. The zero-order valence-corrected chi connectivity index (χ0v) is 8.86. The molecule has 0 fully saturated rings. The highest BCUT2D eigenvalue weighted by molar-refractivity contribution is 6.26. The van der Waals surface area contributed by atoms with Gasteiger partial charge in [0.25, 0.3) is 0 Å². The summed E-state index contributed by atoms with van der Waals surface area (Å²) in [5, 5.41) is 0. The molecule has 2 rings (SSSR count). The van der Waals surface area contributed by atoms with E-state index in [-0.39, 0.29) is 5.88 Å². The minimum absolute atomic E-state index is 0.153. The second-order valence-corrected chi connectivity index (χ2v) is 3.38. The fourth-order valence-corrected chi connectivity index (χ4v) is 1.39. The number of alkyl halides is 1. The topological polar surface area (TPSA) is 44.1 Å². The first kappa shape index (κ1) is 9.98. The number of halogens is 1. The Kier molecular flexibility index (Phi) is 2.60. The van der Waals surface area contributed by atoms with Gasteiger partial charge in [-0.1, -0.05) is 0 Å². The molecule has 2 aromatic rings. The standard InChI is InChI=1S/C10H9ClN2O2/c1-13-6-12-8-4-7(2-3-9(8)13)15-10(14)5-11/h2-4,6H,5H2,1H3. The number of imidazole rings is 1. The van der Waals surface area contributed by atoms with Crippen molar-refractivity contribution in [2.24, 2.45) is 7.05 Å². The minimum atomic E-state index is -0.466. The Morgan fingerprint density at radius 2 is 2.40 bits per heavy atom. The van der Waals surface area contributed by atoms with Crippen molar-refractivity contribution in [3.63, 3.8) is 0 Å². The molecule has 4 nitrogen and oxygen atoms in total. The van der Waals surface area contributed by atoms with E-state index in [0.29, 0.717) is 5.75 Å². The summed E-state index contributed by atoms with van der Waals surface area (Å²) in [5.74, 6) is -0.154. The molecule has 0 aliphatic carbocycles. The van der Waals surface area contributed by atoms with E-state index in [0.717, 1.165) is 11.0 Å². The van der Waals surface area contributed by atoms with Gasteiger partial charge >= 0.3 is 5.97 Å². The number of benzene rings is 1. The van der Waals surface area contributed by atoms with Crippen LogP contribution in [0.2, 0.25) is 0 Å². The van der Waals surface area contributed by atoms with Crippen molar-refractivity contribution < 1.29 is 9.53 Å². The van der Waals surface area contributed by atoms with E-state index in [9.17, 15) is 4.79 Å². The van der Waals surface area contributed by atoms with Crippen LogP contribution in [0.4, 0.5) is 0 Å². The number of nitrogens with zero attached hydrogens (tertiary/aromatic N) is 2. The highest BCUT2D eigenvalue weighted by Crippen LogP contribution is 2.19. The second kappa shape index (κ2) is 3.90. The number of fused-ring (bicyclic) bond motifs is 1. The first-order chi connectivity index (χ1) is 7.20. The van der Waals surface area contributed by atoms with Crippen LogP contribution in [0.5, 0.6) is 5.75 Å². The van der Waals surface area contributed by atoms with Crippen molar-refractivity contribution >= 4 is 28.6 Å². The summed E-state index contributed by atoms with van der Waals surface area (Å²) in [5.41, 5.74) is 1.78. The SMILES string of the molecule is Cn1cnc2cc(OC(=O)CCl)ccc21. The van der Waals surface area contributed by atoms with Crippen molar-refractivity contribution in [1.82, 2.24) is 9.55 Å². The van der Waals surface area contributed by atoms with Crippen molar-refractivity contribution in [3.8, 4) is 5.75 Å². The van der Waals surface area contributed by atoms with Gasteiger partial charge < -0.3 is 9.30 Å². The summed E-state index contributed by atoms with van der Waals surface area (Å²) in [4.78, 5) is 15.1. The Morgan fingerprint density at radius 1 is 1.60 bits per heavy atom. The van der Waals surface area contributed by atoms with Gasteiger partial charge in [0.05, 0.1) is 17.4 Å². The molecule has 0 bridgehead atoms. The number of carbonyl (C=O) groups excluding carboxylic acids is 1. The van der Waals surface area contributed by atoms with Crippen molar-refractivity contribution in [3.05, 3.63) is 24.5 Å². The Hall–Kier alpha value is -1.55. The average molecular weight is 225 g/mol. The zero-order valence-electron chi connectivity index (χ0n) is 8.11. The third-order valence-corrected chi connectivity index (χ3v) is 2.26. The lowest BCUT2D eigenvalue weighted by Gasteiger charge is -2.01. The van der Waals surface area contributed by atoms with Crippen LogP contribution in [0.25, 0.3) is 11.0 Å². The van der Waals surface area contributed by atoms with E-state index in [2.05, 4.69) is 4.98 Å². The molecule has 1 heterocycles. The first-order valence-corrected chi connectivity index (χ1v) is 4.92. The lowest BCUT2D eigenvalue weighted by atomic mass is 10.3. The highest BCUT2D eigenvalue weighted by Gasteiger charge is 2.05. The van der Waals surface area contributed by atoms with Gasteiger partial charge in [-0.25, -0.2) is 4.98 Å². The molecular weight excluding hydrogens is 216 g/mol. The molecule has 0 aliphatic heterocycles. The molecule has 0 amide bonds. The lowest BCUT2D eigenvalue weighted by Crippen LogP contribution is -2.08. The summed E-state index contributed by atoms with van der Waals surface area (Å²) in [6.07, 6.45) is 1.71. The maximum atomic E-state index is 10.9. The summed E-state index contributed by atoms with van der Waals surface area (Å²) in [7, 11) is 1.90. The second-order valence-electron chi connectivity index (χ2n) is 3.11. The Morgan fingerprint density at radius 3 is 3.13 bits per heavy atom.